The van der Waals surface area contributed by atoms with Gasteiger partial charge in [0.05, 0.1) is 16.8 Å². The van der Waals surface area contributed by atoms with E-state index in [9.17, 15) is 0 Å². The largest absolute Gasteiger partial charge is 0.455 e. The van der Waals surface area contributed by atoms with Crippen molar-refractivity contribution in [3.63, 3.8) is 0 Å². The predicted molar refractivity (Wildman–Crippen MR) is 257 cm³/mol. The molecule has 3 aromatic heterocycles. The fraction of sp³-hybridized carbons (Fsp3) is 0. The van der Waals surface area contributed by atoms with Crippen molar-refractivity contribution in [2.24, 2.45) is 0 Å². The van der Waals surface area contributed by atoms with E-state index in [-0.39, 0.29) is 0 Å². The van der Waals surface area contributed by atoms with Crippen molar-refractivity contribution in [3.8, 4) is 33.4 Å². The number of furan rings is 3. The summed E-state index contributed by atoms with van der Waals surface area (Å²) in [5.74, 6) is 0. The van der Waals surface area contributed by atoms with Crippen LogP contribution >= 0.6 is 0 Å². The van der Waals surface area contributed by atoms with Crippen LogP contribution in [0.15, 0.2) is 226 Å². The fourth-order valence-electron chi connectivity index (χ4n) is 9.70. The summed E-state index contributed by atoms with van der Waals surface area (Å²) in [6.45, 7) is 0. The normalized spacial score (nSPS) is 11.9. The minimum Gasteiger partial charge on any atom is -0.455 e. The van der Waals surface area contributed by atoms with Gasteiger partial charge in [-0.3, -0.25) is 0 Å². The molecule has 0 saturated carbocycles. The number of para-hydroxylation sites is 5. The molecule has 3 heterocycles. The first-order chi connectivity index (χ1) is 30.8. The Morgan fingerprint density at radius 1 is 0.274 bits per heavy atom. The van der Waals surface area contributed by atoms with Gasteiger partial charge in [-0.2, -0.15) is 0 Å². The maximum atomic E-state index is 7.00. The number of hydrogen-bond donors (Lipinski definition) is 0. The first-order valence-corrected chi connectivity index (χ1v) is 21.0. The van der Waals surface area contributed by atoms with Gasteiger partial charge in [-0.1, -0.05) is 164 Å². The second-order valence-corrected chi connectivity index (χ2v) is 15.9. The van der Waals surface area contributed by atoms with E-state index in [1.165, 1.54) is 5.39 Å². The van der Waals surface area contributed by atoms with Crippen molar-refractivity contribution >= 4 is 93.7 Å². The van der Waals surface area contributed by atoms with Crippen molar-refractivity contribution in [2.75, 3.05) is 4.90 Å². The summed E-state index contributed by atoms with van der Waals surface area (Å²) in [6.07, 6.45) is 0. The lowest BCUT2D eigenvalue weighted by Gasteiger charge is -2.28. The van der Waals surface area contributed by atoms with Gasteiger partial charge in [0.1, 0.15) is 33.5 Å². The van der Waals surface area contributed by atoms with Crippen molar-refractivity contribution in [3.05, 3.63) is 212 Å². The van der Waals surface area contributed by atoms with Gasteiger partial charge in [0, 0.05) is 54.7 Å². The molecule has 0 bridgehead atoms. The Hall–Kier alpha value is -8.34. The highest BCUT2D eigenvalue weighted by molar-refractivity contribution is 6.19. The zero-order chi connectivity index (χ0) is 40.7. The van der Waals surface area contributed by atoms with Gasteiger partial charge < -0.3 is 18.2 Å². The van der Waals surface area contributed by atoms with E-state index < -0.39 is 0 Å². The van der Waals surface area contributed by atoms with E-state index >= 15 is 0 Å². The Balaban J connectivity index is 1.03. The lowest BCUT2D eigenvalue weighted by Crippen LogP contribution is -2.11. The number of anilines is 3. The number of benzene rings is 10. The molecule has 4 heteroatoms. The minimum absolute atomic E-state index is 0.825. The van der Waals surface area contributed by atoms with Crippen LogP contribution in [0.4, 0.5) is 17.1 Å². The highest BCUT2D eigenvalue weighted by atomic mass is 16.3. The van der Waals surface area contributed by atoms with Gasteiger partial charge in [0.15, 0.2) is 0 Å². The highest BCUT2D eigenvalue weighted by Gasteiger charge is 2.25. The third-order valence-electron chi connectivity index (χ3n) is 12.5. The molecule has 0 spiro atoms. The molecule has 0 unspecified atom stereocenters. The molecule has 13 rings (SSSR count). The molecule has 0 aliphatic rings. The van der Waals surface area contributed by atoms with Gasteiger partial charge in [0.25, 0.3) is 0 Å². The van der Waals surface area contributed by atoms with E-state index in [4.69, 9.17) is 13.3 Å². The minimum atomic E-state index is 0.825. The smallest absolute Gasteiger partial charge is 0.145 e. The average Bonchev–Trinajstić information content (AvgIpc) is 4.04. The Labute approximate surface area is 356 Å². The fourth-order valence-corrected chi connectivity index (χ4v) is 9.70. The van der Waals surface area contributed by atoms with Gasteiger partial charge in [-0.05, 0) is 70.6 Å². The SMILES string of the molecule is c1ccc(-c2ccc(N(c3ccc(-c4cccc5c4oc4ccccc45)cc3)c3cccc4ccccc34)c3c2oc2ccccc23)c(-c2cccc3c2oc2ccccc23)c1. The molecule has 0 fully saturated rings. The van der Waals surface area contributed by atoms with E-state index in [0.717, 1.165) is 122 Å². The van der Waals surface area contributed by atoms with Crippen LogP contribution in [-0.2, 0) is 0 Å². The van der Waals surface area contributed by atoms with Crippen LogP contribution in [0.1, 0.15) is 0 Å². The Morgan fingerprint density at radius 3 is 1.44 bits per heavy atom. The summed E-state index contributed by atoms with van der Waals surface area (Å²) in [5.41, 5.74) is 14.7. The number of fused-ring (bicyclic) bond motifs is 10. The molecule has 0 saturated heterocycles. The quantitative estimate of drug-likeness (QED) is 0.168. The van der Waals surface area contributed by atoms with Gasteiger partial charge in [0.2, 0.25) is 0 Å². The van der Waals surface area contributed by atoms with Crippen LogP contribution in [0.3, 0.4) is 0 Å². The Kier molecular flexibility index (Phi) is 7.57. The molecule has 0 radical (unpaired) electrons. The van der Waals surface area contributed by atoms with E-state index in [1.54, 1.807) is 0 Å². The van der Waals surface area contributed by atoms with Gasteiger partial charge in [-0.15, -0.1) is 0 Å². The van der Waals surface area contributed by atoms with E-state index in [2.05, 4.69) is 187 Å². The van der Waals surface area contributed by atoms with Gasteiger partial charge >= 0.3 is 0 Å². The van der Waals surface area contributed by atoms with Crippen LogP contribution in [-0.4, -0.2) is 0 Å². The van der Waals surface area contributed by atoms with Crippen LogP contribution < -0.4 is 4.90 Å². The second-order valence-electron chi connectivity index (χ2n) is 15.9. The number of hydrogen-bond acceptors (Lipinski definition) is 4. The highest BCUT2D eigenvalue weighted by Crippen LogP contribution is 2.49. The monoisotopic (exact) mass is 793 g/mol. The average molecular weight is 794 g/mol. The maximum Gasteiger partial charge on any atom is 0.145 e. The lowest BCUT2D eigenvalue weighted by atomic mass is 9.92. The molecule has 0 aliphatic carbocycles. The number of rotatable bonds is 6. The molecule has 0 amide bonds. The molecule has 0 N–H and O–H groups in total. The van der Waals surface area contributed by atoms with Crippen LogP contribution in [0, 0.1) is 0 Å². The molecule has 62 heavy (non-hydrogen) atoms. The first-order valence-electron chi connectivity index (χ1n) is 21.0. The topological polar surface area (TPSA) is 42.7 Å². The zero-order valence-electron chi connectivity index (χ0n) is 33.4. The molecule has 290 valence electrons. The standard InChI is InChI=1S/C58H35NO3/c1-2-16-39-36(14-1)15-11-26-50(39)59(38-32-30-37(31-33-38)40-22-12-24-46-43-19-5-8-27-52(43)60-56(40)46)51-35-34-48(58-55(51)49-21-7-10-29-54(49)62-58)42-18-4-3-17-41(42)45-23-13-25-47-44-20-6-9-28-53(44)61-57(45)47/h1-35H. The predicted octanol–water partition coefficient (Wildman–Crippen LogP) is 17.0. The van der Waals surface area contributed by atoms with E-state index in [0.29, 0.717) is 0 Å². The third kappa shape index (κ3) is 5.20. The maximum absolute atomic E-state index is 7.00. The molecule has 13 aromatic rings. The molecule has 0 atom stereocenters. The van der Waals surface area contributed by atoms with Crippen molar-refractivity contribution in [1.82, 2.24) is 0 Å². The second kappa shape index (κ2) is 13.6. The van der Waals surface area contributed by atoms with Crippen molar-refractivity contribution in [1.29, 1.82) is 0 Å². The molecular weight excluding hydrogens is 759 g/mol. The Morgan fingerprint density at radius 2 is 0.742 bits per heavy atom. The first kappa shape index (κ1) is 34.5. The molecule has 10 aromatic carbocycles. The molecule has 0 aliphatic heterocycles. The third-order valence-corrected chi connectivity index (χ3v) is 12.5. The lowest BCUT2D eigenvalue weighted by molar-refractivity contribution is 0.669. The summed E-state index contributed by atoms with van der Waals surface area (Å²) < 4.78 is 20.1. The molecule has 4 nitrogen and oxygen atoms in total. The number of nitrogens with zero attached hydrogens (tertiary/aromatic N) is 1. The van der Waals surface area contributed by atoms with Crippen LogP contribution in [0.2, 0.25) is 0 Å². The summed E-state index contributed by atoms with van der Waals surface area (Å²) in [5, 5.41) is 8.86. The summed E-state index contributed by atoms with van der Waals surface area (Å²) in [4.78, 5) is 2.39. The Bertz CT molecular complexity index is 3880. The van der Waals surface area contributed by atoms with Gasteiger partial charge in [-0.25, -0.2) is 0 Å². The van der Waals surface area contributed by atoms with Crippen molar-refractivity contribution < 1.29 is 13.3 Å². The summed E-state index contributed by atoms with van der Waals surface area (Å²) >= 11 is 0. The summed E-state index contributed by atoms with van der Waals surface area (Å²) in [7, 11) is 0. The molecular formula is C58H35NO3. The zero-order valence-corrected chi connectivity index (χ0v) is 33.4. The van der Waals surface area contributed by atoms with Crippen LogP contribution in [0.5, 0.6) is 0 Å². The van der Waals surface area contributed by atoms with Crippen LogP contribution in [0.25, 0.3) is 110 Å². The summed E-state index contributed by atoms with van der Waals surface area (Å²) in [6, 6.07) is 74.9. The van der Waals surface area contributed by atoms with Crippen molar-refractivity contribution in [2.45, 2.75) is 0 Å². The van der Waals surface area contributed by atoms with E-state index in [1.807, 2.05) is 30.3 Å².